The van der Waals surface area contributed by atoms with Crippen LogP contribution in [0.1, 0.15) is 46.5 Å². The topological polar surface area (TPSA) is 49.8 Å². The zero-order valence-electron chi connectivity index (χ0n) is 11.2. The SMILES string of the molecule is CC(C)OCCCC(=O)N1CCCC(C)(O)C1. The van der Waals surface area contributed by atoms with E-state index in [1.807, 2.05) is 13.8 Å². The molecule has 1 rings (SSSR count). The minimum absolute atomic E-state index is 0.136. The highest BCUT2D eigenvalue weighted by molar-refractivity contribution is 5.76. The van der Waals surface area contributed by atoms with E-state index in [1.54, 1.807) is 11.8 Å². The van der Waals surface area contributed by atoms with E-state index in [9.17, 15) is 9.90 Å². The molecule has 1 aliphatic rings. The minimum Gasteiger partial charge on any atom is -0.388 e. The lowest BCUT2D eigenvalue weighted by Crippen LogP contribution is -2.48. The third-order valence-electron chi connectivity index (χ3n) is 3.01. The first-order valence-electron chi connectivity index (χ1n) is 6.52. The van der Waals surface area contributed by atoms with Gasteiger partial charge in [0.2, 0.25) is 5.91 Å². The maximum atomic E-state index is 11.9. The van der Waals surface area contributed by atoms with Crippen molar-refractivity contribution >= 4 is 5.91 Å². The highest BCUT2D eigenvalue weighted by Crippen LogP contribution is 2.20. The number of amides is 1. The van der Waals surface area contributed by atoms with Crippen LogP contribution in [-0.2, 0) is 9.53 Å². The van der Waals surface area contributed by atoms with Gasteiger partial charge in [0.1, 0.15) is 0 Å². The van der Waals surface area contributed by atoms with Gasteiger partial charge in [0.15, 0.2) is 0 Å². The smallest absolute Gasteiger partial charge is 0.222 e. The van der Waals surface area contributed by atoms with Crippen molar-refractivity contribution in [2.45, 2.75) is 58.2 Å². The second kappa shape index (κ2) is 6.36. The van der Waals surface area contributed by atoms with Gasteiger partial charge >= 0.3 is 0 Å². The second-order valence-corrected chi connectivity index (χ2v) is 5.44. The molecule has 1 aliphatic heterocycles. The number of aliphatic hydroxyl groups is 1. The third-order valence-corrected chi connectivity index (χ3v) is 3.01. The van der Waals surface area contributed by atoms with Crippen LogP contribution < -0.4 is 0 Å². The molecule has 1 saturated heterocycles. The molecule has 17 heavy (non-hydrogen) atoms. The lowest BCUT2D eigenvalue weighted by atomic mass is 9.95. The largest absolute Gasteiger partial charge is 0.388 e. The summed E-state index contributed by atoms with van der Waals surface area (Å²) >= 11 is 0. The van der Waals surface area contributed by atoms with Gasteiger partial charge < -0.3 is 14.7 Å². The van der Waals surface area contributed by atoms with Gasteiger partial charge in [0, 0.05) is 26.1 Å². The molecule has 0 aromatic rings. The average Bonchev–Trinajstić information content (AvgIpc) is 2.22. The van der Waals surface area contributed by atoms with E-state index >= 15 is 0 Å². The fourth-order valence-electron chi connectivity index (χ4n) is 2.13. The number of β-amino-alcohol motifs (C(OH)–C–C–N with tert-alkyl or cyclic N) is 1. The number of hydrogen-bond acceptors (Lipinski definition) is 3. The molecule has 0 radical (unpaired) electrons. The number of nitrogens with zero attached hydrogens (tertiary/aromatic N) is 1. The molecule has 1 amide bonds. The molecule has 4 heteroatoms. The Balaban J connectivity index is 2.23. The standard InChI is InChI=1S/C13H25NO3/c1-11(2)17-9-4-6-12(15)14-8-5-7-13(3,16)10-14/h11,16H,4-10H2,1-3H3. The lowest BCUT2D eigenvalue weighted by Gasteiger charge is -2.36. The van der Waals surface area contributed by atoms with E-state index in [-0.39, 0.29) is 12.0 Å². The molecule has 0 bridgehead atoms. The third kappa shape index (κ3) is 5.50. The molecule has 0 saturated carbocycles. The first-order valence-corrected chi connectivity index (χ1v) is 6.52. The Hall–Kier alpha value is -0.610. The molecule has 0 aliphatic carbocycles. The van der Waals surface area contributed by atoms with Crippen molar-refractivity contribution in [3.63, 3.8) is 0 Å². The number of piperidine rings is 1. The van der Waals surface area contributed by atoms with Gasteiger partial charge in [-0.2, -0.15) is 0 Å². The zero-order chi connectivity index (χ0) is 12.9. The van der Waals surface area contributed by atoms with Crippen LogP contribution in [0.2, 0.25) is 0 Å². The summed E-state index contributed by atoms with van der Waals surface area (Å²) in [6.45, 7) is 7.66. The van der Waals surface area contributed by atoms with Crippen LogP contribution in [0.3, 0.4) is 0 Å². The van der Waals surface area contributed by atoms with Crippen molar-refractivity contribution in [3.05, 3.63) is 0 Å². The Morgan fingerprint density at radius 1 is 1.53 bits per heavy atom. The van der Waals surface area contributed by atoms with E-state index in [1.165, 1.54) is 0 Å². The molecule has 1 unspecified atom stereocenters. The van der Waals surface area contributed by atoms with Crippen molar-refractivity contribution in [3.8, 4) is 0 Å². The van der Waals surface area contributed by atoms with Crippen LogP contribution in [0.4, 0.5) is 0 Å². The predicted octanol–water partition coefficient (Wildman–Crippen LogP) is 1.56. The van der Waals surface area contributed by atoms with Crippen LogP contribution in [0.5, 0.6) is 0 Å². The Labute approximate surface area is 104 Å². The summed E-state index contributed by atoms with van der Waals surface area (Å²) in [4.78, 5) is 13.7. The Morgan fingerprint density at radius 3 is 2.82 bits per heavy atom. The summed E-state index contributed by atoms with van der Waals surface area (Å²) in [5, 5.41) is 9.92. The number of hydrogen-bond donors (Lipinski definition) is 1. The highest BCUT2D eigenvalue weighted by Gasteiger charge is 2.30. The number of ether oxygens (including phenoxy) is 1. The molecule has 1 fully saturated rings. The van der Waals surface area contributed by atoms with E-state index in [2.05, 4.69) is 0 Å². The zero-order valence-corrected chi connectivity index (χ0v) is 11.2. The van der Waals surface area contributed by atoms with Crippen molar-refractivity contribution < 1.29 is 14.6 Å². The van der Waals surface area contributed by atoms with Crippen molar-refractivity contribution in [2.24, 2.45) is 0 Å². The molecule has 0 spiro atoms. The van der Waals surface area contributed by atoms with Gasteiger partial charge in [0.25, 0.3) is 0 Å². The number of rotatable bonds is 5. The Morgan fingerprint density at radius 2 is 2.24 bits per heavy atom. The maximum absolute atomic E-state index is 11.9. The normalized spacial score (nSPS) is 25.4. The Kier molecular flexibility index (Phi) is 5.40. The van der Waals surface area contributed by atoms with Gasteiger partial charge in [-0.25, -0.2) is 0 Å². The monoisotopic (exact) mass is 243 g/mol. The van der Waals surface area contributed by atoms with Gasteiger partial charge in [-0.05, 0) is 40.0 Å². The summed E-state index contributed by atoms with van der Waals surface area (Å²) in [5.74, 6) is 0.136. The number of likely N-dealkylation sites (tertiary alicyclic amines) is 1. The van der Waals surface area contributed by atoms with Crippen LogP contribution in [0.25, 0.3) is 0 Å². The first kappa shape index (κ1) is 14.5. The van der Waals surface area contributed by atoms with Gasteiger partial charge in [-0.15, -0.1) is 0 Å². The number of carbonyl (C=O) groups excluding carboxylic acids is 1. The summed E-state index contributed by atoms with van der Waals surface area (Å²) in [6.07, 6.45) is 3.17. The van der Waals surface area contributed by atoms with E-state index < -0.39 is 5.60 Å². The first-order chi connectivity index (χ1) is 7.91. The van der Waals surface area contributed by atoms with Crippen LogP contribution in [0, 0.1) is 0 Å². The van der Waals surface area contributed by atoms with Crippen LogP contribution >= 0.6 is 0 Å². The molecule has 1 N–H and O–H groups in total. The summed E-state index contributed by atoms with van der Waals surface area (Å²) in [6, 6.07) is 0. The molecule has 0 aromatic carbocycles. The van der Waals surface area contributed by atoms with Gasteiger partial charge in [-0.3, -0.25) is 4.79 Å². The van der Waals surface area contributed by atoms with Crippen molar-refractivity contribution in [2.75, 3.05) is 19.7 Å². The quantitative estimate of drug-likeness (QED) is 0.746. The van der Waals surface area contributed by atoms with E-state index in [0.29, 0.717) is 19.6 Å². The van der Waals surface area contributed by atoms with Crippen molar-refractivity contribution in [1.29, 1.82) is 0 Å². The Bertz CT molecular complexity index is 251. The molecule has 1 atom stereocenters. The molecular weight excluding hydrogens is 218 g/mol. The van der Waals surface area contributed by atoms with Crippen molar-refractivity contribution in [1.82, 2.24) is 4.90 Å². The fourth-order valence-corrected chi connectivity index (χ4v) is 2.13. The molecule has 1 heterocycles. The maximum Gasteiger partial charge on any atom is 0.222 e. The minimum atomic E-state index is -0.706. The van der Waals surface area contributed by atoms with E-state index in [0.717, 1.165) is 25.8 Å². The van der Waals surface area contributed by atoms with Crippen LogP contribution in [0.15, 0.2) is 0 Å². The van der Waals surface area contributed by atoms with Gasteiger partial charge in [-0.1, -0.05) is 0 Å². The molecular formula is C13H25NO3. The summed E-state index contributed by atoms with van der Waals surface area (Å²) in [7, 11) is 0. The predicted molar refractivity (Wildman–Crippen MR) is 66.8 cm³/mol. The summed E-state index contributed by atoms with van der Waals surface area (Å²) < 4.78 is 5.40. The molecule has 0 aromatic heterocycles. The van der Waals surface area contributed by atoms with Gasteiger partial charge in [0.05, 0.1) is 11.7 Å². The van der Waals surface area contributed by atoms with E-state index in [4.69, 9.17) is 4.74 Å². The molecule has 100 valence electrons. The second-order valence-electron chi connectivity index (χ2n) is 5.44. The number of carbonyl (C=O) groups is 1. The molecule has 4 nitrogen and oxygen atoms in total. The fraction of sp³-hybridized carbons (Fsp3) is 0.923. The lowest BCUT2D eigenvalue weighted by molar-refractivity contribution is -0.137. The average molecular weight is 243 g/mol. The van der Waals surface area contributed by atoms with Crippen LogP contribution in [-0.4, -0.2) is 47.3 Å². The summed E-state index contributed by atoms with van der Waals surface area (Å²) in [5.41, 5.74) is -0.706. The highest BCUT2D eigenvalue weighted by atomic mass is 16.5.